The van der Waals surface area contributed by atoms with E-state index in [2.05, 4.69) is 0 Å². The van der Waals surface area contributed by atoms with E-state index in [-0.39, 0.29) is 36.9 Å². The minimum atomic E-state index is -1.16. The number of fused-ring (bicyclic) bond motifs is 3. The van der Waals surface area contributed by atoms with Crippen LogP contribution in [0, 0.1) is 22.7 Å². The number of hydrogen-bond acceptors (Lipinski definition) is 8. The summed E-state index contributed by atoms with van der Waals surface area (Å²) in [5, 5.41) is 22.6. The highest BCUT2D eigenvalue weighted by molar-refractivity contribution is 5.92. The summed E-state index contributed by atoms with van der Waals surface area (Å²) >= 11 is 0. The Hall–Kier alpha value is -1.74. The maximum atomic E-state index is 13.0. The number of carbonyl (C=O) groups is 2. The van der Waals surface area contributed by atoms with E-state index in [1.807, 2.05) is 13.0 Å². The first-order valence-corrected chi connectivity index (χ1v) is 10.6. The summed E-state index contributed by atoms with van der Waals surface area (Å²) in [5.41, 5.74) is -2.12. The van der Waals surface area contributed by atoms with Gasteiger partial charge in [-0.2, -0.15) is 0 Å². The molecule has 0 amide bonds. The van der Waals surface area contributed by atoms with Gasteiger partial charge in [-0.15, -0.1) is 0 Å². The Kier molecular flexibility index (Phi) is 4.46. The van der Waals surface area contributed by atoms with Gasteiger partial charge in [-0.25, -0.2) is 0 Å². The molecule has 1 aromatic heterocycles. The number of ether oxygens (including phenoxy) is 3. The number of aliphatic hydroxyl groups is 2. The molecule has 8 heteroatoms. The van der Waals surface area contributed by atoms with Gasteiger partial charge < -0.3 is 28.8 Å². The third-order valence-electron chi connectivity index (χ3n) is 8.38. The average Bonchev–Trinajstić information content (AvgIpc) is 3.16. The molecule has 2 saturated carbocycles. The zero-order valence-corrected chi connectivity index (χ0v) is 17.2. The van der Waals surface area contributed by atoms with Crippen LogP contribution in [0.4, 0.5) is 0 Å². The van der Waals surface area contributed by atoms with Crippen LogP contribution in [-0.2, 0) is 23.8 Å². The highest BCUT2D eigenvalue weighted by Crippen LogP contribution is 2.71. The molecule has 4 aliphatic rings. The van der Waals surface area contributed by atoms with E-state index in [1.54, 1.807) is 12.5 Å². The molecule has 4 fully saturated rings. The Balaban J connectivity index is 1.61. The molecule has 1 aromatic rings. The molecule has 0 radical (unpaired) electrons. The van der Waals surface area contributed by atoms with Crippen LogP contribution >= 0.6 is 0 Å². The Labute approximate surface area is 174 Å². The fourth-order valence-electron chi connectivity index (χ4n) is 6.84. The zero-order valence-electron chi connectivity index (χ0n) is 17.2. The Morgan fingerprint density at radius 2 is 2.13 bits per heavy atom. The molecule has 8 atom stereocenters. The topological polar surface area (TPSA) is 119 Å². The quantitative estimate of drug-likeness (QED) is 0.561. The van der Waals surface area contributed by atoms with Crippen LogP contribution in [0.25, 0.3) is 0 Å². The molecule has 8 nitrogen and oxygen atoms in total. The fraction of sp³-hybridized carbons (Fsp3) is 0.727. The largest absolute Gasteiger partial charge is 0.472 e. The standard InChI is InChI=1S/C22H28O8/c1-12-7-18(25)21(10-28-13(2)23)16(3-4-17(24)22(21)11-29-22)20(12)8-15(30-19(20)26)14-5-6-27-9-14/h5-6,9,12,15-16,18-19,25-26H,3-4,7-8,10-11H2,1-2H3/t12-,15+,16-,18-,19+,20-,21+,22+/m1/s1. The first-order chi connectivity index (χ1) is 14.3. The summed E-state index contributed by atoms with van der Waals surface area (Å²) in [6.07, 6.45) is 2.52. The molecular weight excluding hydrogens is 392 g/mol. The Morgan fingerprint density at radius 1 is 1.37 bits per heavy atom. The first kappa shape index (κ1) is 20.2. The van der Waals surface area contributed by atoms with Gasteiger partial charge in [0.15, 0.2) is 17.7 Å². The number of esters is 1. The molecule has 3 heterocycles. The molecule has 0 unspecified atom stereocenters. The Bertz CT molecular complexity index is 845. The van der Waals surface area contributed by atoms with Crippen molar-refractivity contribution >= 4 is 11.8 Å². The van der Waals surface area contributed by atoms with Gasteiger partial charge in [0, 0.05) is 24.3 Å². The number of carbonyl (C=O) groups excluding carboxylic acids is 2. The van der Waals surface area contributed by atoms with Crippen molar-refractivity contribution in [2.75, 3.05) is 13.2 Å². The van der Waals surface area contributed by atoms with Crippen LogP contribution in [0.2, 0.25) is 0 Å². The van der Waals surface area contributed by atoms with Gasteiger partial charge in [-0.3, -0.25) is 9.59 Å². The lowest BCUT2D eigenvalue weighted by molar-refractivity contribution is -0.255. The molecule has 2 aliphatic heterocycles. The molecule has 0 bridgehead atoms. The summed E-state index contributed by atoms with van der Waals surface area (Å²) in [5.74, 6) is -0.917. The molecule has 164 valence electrons. The highest BCUT2D eigenvalue weighted by Gasteiger charge is 2.79. The SMILES string of the molecule is CC(=O)OC[C@@]12[C@H](O)C[C@@H](C)[C@]3(C[C@@H](c4ccoc4)O[C@@H]3O)[C@H]1CCC(=O)[C@@]21CO1. The van der Waals surface area contributed by atoms with Gasteiger partial charge in [-0.05, 0) is 37.2 Å². The van der Waals surface area contributed by atoms with E-state index in [4.69, 9.17) is 18.6 Å². The van der Waals surface area contributed by atoms with Crippen molar-refractivity contribution in [3.8, 4) is 0 Å². The maximum Gasteiger partial charge on any atom is 0.302 e. The van der Waals surface area contributed by atoms with Crippen molar-refractivity contribution in [2.24, 2.45) is 22.7 Å². The van der Waals surface area contributed by atoms with Gasteiger partial charge in [0.2, 0.25) is 0 Å². The second-order valence-electron chi connectivity index (χ2n) is 9.45. The molecule has 30 heavy (non-hydrogen) atoms. The summed E-state index contributed by atoms with van der Waals surface area (Å²) in [7, 11) is 0. The van der Waals surface area contributed by atoms with Gasteiger partial charge in [0.25, 0.3) is 0 Å². The lowest BCUT2D eigenvalue weighted by Crippen LogP contribution is -2.70. The number of hydrogen-bond donors (Lipinski definition) is 2. The van der Waals surface area contributed by atoms with E-state index in [9.17, 15) is 19.8 Å². The van der Waals surface area contributed by atoms with E-state index in [1.165, 1.54) is 6.92 Å². The van der Waals surface area contributed by atoms with E-state index in [0.29, 0.717) is 25.7 Å². The second kappa shape index (κ2) is 6.63. The van der Waals surface area contributed by atoms with E-state index >= 15 is 0 Å². The predicted molar refractivity (Wildman–Crippen MR) is 101 cm³/mol. The summed E-state index contributed by atoms with van der Waals surface area (Å²) in [6, 6.07) is 1.82. The van der Waals surface area contributed by atoms with Gasteiger partial charge >= 0.3 is 5.97 Å². The Morgan fingerprint density at radius 3 is 2.77 bits per heavy atom. The first-order valence-electron chi connectivity index (χ1n) is 10.6. The number of epoxide rings is 1. The van der Waals surface area contributed by atoms with Crippen LogP contribution in [0.5, 0.6) is 0 Å². The van der Waals surface area contributed by atoms with Crippen molar-refractivity contribution in [1.29, 1.82) is 0 Å². The van der Waals surface area contributed by atoms with Crippen molar-refractivity contribution in [3.05, 3.63) is 24.2 Å². The summed E-state index contributed by atoms with van der Waals surface area (Å²) in [6.45, 7) is 3.41. The average molecular weight is 420 g/mol. The molecule has 2 aliphatic carbocycles. The van der Waals surface area contributed by atoms with Crippen LogP contribution in [0.15, 0.2) is 23.0 Å². The summed E-state index contributed by atoms with van der Waals surface area (Å²) in [4.78, 5) is 24.7. The lowest BCUT2D eigenvalue weighted by Gasteiger charge is -2.62. The minimum absolute atomic E-state index is 0.0607. The third-order valence-corrected chi connectivity index (χ3v) is 8.38. The zero-order chi connectivity index (χ0) is 21.3. The van der Waals surface area contributed by atoms with Crippen LogP contribution < -0.4 is 0 Å². The van der Waals surface area contributed by atoms with Gasteiger partial charge in [0.1, 0.15) is 6.61 Å². The van der Waals surface area contributed by atoms with Crippen molar-refractivity contribution in [1.82, 2.24) is 0 Å². The third kappa shape index (κ3) is 2.42. The van der Waals surface area contributed by atoms with Crippen LogP contribution in [-0.4, -0.2) is 53.2 Å². The fourth-order valence-corrected chi connectivity index (χ4v) is 6.84. The maximum absolute atomic E-state index is 13.0. The highest BCUT2D eigenvalue weighted by atomic mass is 16.6. The molecule has 5 rings (SSSR count). The smallest absolute Gasteiger partial charge is 0.302 e. The minimum Gasteiger partial charge on any atom is -0.472 e. The van der Waals surface area contributed by atoms with Crippen molar-refractivity contribution in [3.63, 3.8) is 0 Å². The van der Waals surface area contributed by atoms with E-state index < -0.39 is 34.8 Å². The van der Waals surface area contributed by atoms with E-state index in [0.717, 1.165) is 5.56 Å². The molecular formula is C22H28O8. The van der Waals surface area contributed by atoms with Crippen molar-refractivity contribution < 1.29 is 38.4 Å². The lowest BCUT2D eigenvalue weighted by atomic mass is 9.42. The van der Waals surface area contributed by atoms with Gasteiger partial charge in [-0.1, -0.05) is 6.92 Å². The number of Topliss-reactive ketones (excluding diaryl/α,β-unsaturated/α-hetero) is 1. The molecule has 2 N–H and O–H groups in total. The normalized spacial score (nSPS) is 47.5. The number of rotatable bonds is 3. The monoisotopic (exact) mass is 420 g/mol. The number of ketones is 1. The van der Waals surface area contributed by atoms with Crippen LogP contribution in [0.3, 0.4) is 0 Å². The molecule has 0 aromatic carbocycles. The molecule has 2 saturated heterocycles. The van der Waals surface area contributed by atoms with Gasteiger partial charge in [0.05, 0.1) is 36.8 Å². The summed E-state index contributed by atoms with van der Waals surface area (Å²) < 4.78 is 22.4. The molecule has 2 spiro atoms. The second-order valence-corrected chi connectivity index (χ2v) is 9.45. The van der Waals surface area contributed by atoms with Crippen molar-refractivity contribution in [2.45, 2.75) is 63.6 Å². The van der Waals surface area contributed by atoms with Crippen LogP contribution in [0.1, 0.15) is 51.2 Å². The predicted octanol–water partition coefficient (Wildman–Crippen LogP) is 1.74. The number of furan rings is 1. The number of aliphatic hydroxyl groups excluding tert-OH is 2.